The van der Waals surface area contributed by atoms with E-state index >= 15 is 0 Å². The van der Waals surface area contributed by atoms with Gasteiger partial charge in [0.15, 0.2) is 0 Å². The van der Waals surface area contributed by atoms with E-state index in [9.17, 15) is 0 Å². The van der Waals surface area contributed by atoms with E-state index in [0.717, 1.165) is 11.3 Å². The molecule has 0 bridgehead atoms. The fraction of sp³-hybridized carbons (Fsp3) is 0.267. The van der Waals surface area contributed by atoms with Gasteiger partial charge in [0.2, 0.25) is 5.88 Å². The number of methoxy groups -OCH3 is 2. The molecule has 4 nitrogen and oxygen atoms in total. The molecular formula is C15H17ClN2O2. The molecule has 1 unspecified atom stereocenters. The summed E-state index contributed by atoms with van der Waals surface area (Å²) in [7, 11) is 3.18. The van der Waals surface area contributed by atoms with Crippen LogP contribution in [0.25, 0.3) is 0 Å². The predicted octanol–water partition coefficient (Wildman–Crippen LogP) is 3.49. The third-order valence-electron chi connectivity index (χ3n) is 3.24. The monoisotopic (exact) mass is 292 g/mol. The van der Waals surface area contributed by atoms with Crippen molar-refractivity contribution in [1.82, 2.24) is 4.98 Å². The summed E-state index contributed by atoms with van der Waals surface area (Å²) in [5, 5.41) is 0.546. The maximum Gasteiger partial charge on any atom is 0.216 e. The number of rotatable bonds is 4. The van der Waals surface area contributed by atoms with Crippen LogP contribution >= 0.6 is 11.6 Å². The van der Waals surface area contributed by atoms with Gasteiger partial charge in [-0.15, -0.1) is 0 Å². The summed E-state index contributed by atoms with van der Waals surface area (Å²) < 4.78 is 10.4. The molecule has 1 aromatic carbocycles. The lowest BCUT2D eigenvalue weighted by Gasteiger charge is -2.16. The quantitative estimate of drug-likeness (QED) is 0.877. The Morgan fingerprint density at radius 3 is 2.60 bits per heavy atom. The Bertz CT molecular complexity index is 595. The molecule has 0 amide bonds. The van der Waals surface area contributed by atoms with Crippen molar-refractivity contribution < 1.29 is 9.47 Å². The Hall–Kier alpha value is -1.94. The van der Waals surface area contributed by atoms with Crippen LogP contribution in [0.4, 0.5) is 5.69 Å². The van der Waals surface area contributed by atoms with Gasteiger partial charge in [-0.25, -0.2) is 4.98 Å². The van der Waals surface area contributed by atoms with Crippen LogP contribution in [0.2, 0.25) is 5.02 Å². The Kier molecular flexibility index (Phi) is 4.35. The smallest absolute Gasteiger partial charge is 0.216 e. The van der Waals surface area contributed by atoms with Gasteiger partial charge in [-0.05, 0) is 11.6 Å². The van der Waals surface area contributed by atoms with Crippen LogP contribution in [0.5, 0.6) is 11.6 Å². The van der Waals surface area contributed by atoms with E-state index in [4.69, 9.17) is 26.8 Å². The molecule has 20 heavy (non-hydrogen) atoms. The molecule has 5 heteroatoms. The topological polar surface area (TPSA) is 57.4 Å². The van der Waals surface area contributed by atoms with Gasteiger partial charge in [0, 0.05) is 18.1 Å². The zero-order valence-electron chi connectivity index (χ0n) is 11.7. The Labute approximate surface area is 123 Å². The van der Waals surface area contributed by atoms with Crippen LogP contribution < -0.4 is 15.2 Å². The summed E-state index contributed by atoms with van der Waals surface area (Å²) in [4.78, 5) is 4.45. The summed E-state index contributed by atoms with van der Waals surface area (Å²) in [6.07, 6.45) is 0. The van der Waals surface area contributed by atoms with Gasteiger partial charge in [-0.2, -0.15) is 0 Å². The Morgan fingerprint density at radius 1 is 1.20 bits per heavy atom. The molecular weight excluding hydrogens is 276 g/mol. The minimum atomic E-state index is -0.0160. The maximum atomic E-state index is 6.07. The van der Waals surface area contributed by atoms with Gasteiger partial charge >= 0.3 is 0 Å². The first kappa shape index (κ1) is 14.5. The molecule has 0 spiro atoms. The van der Waals surface area contributed by atoms with Crippen molar-refractivity contribution in [1.29, 1.82) is 0 Å². The number of pyridine rings is 1. The van der Waals surface area contributed by atoms with E-state index in [1.165, 1.54) is 0 Å². The average molecular weight is 293 g/mol. The number of benzene rings is 1. The predicted molar refractivity (Wildman–Crippen MR) is 80.7 cm³/mol. The highest BCUT2D eigenvalue weighted by Crippen LogP contribution is 2.34. The Balaban J connectivity index is 2.47. The number of nitrogens with zero attached hydrogens (tertiary/aromatic N) is 1. The highest BCUT2D eigenvalue weighted by Gasteiger charge is 2.16. The molecule has 0 saturated carbocycles. The van der Waals surface area contributed by atoms with E-state index < -0.39 is 0 Å². The second-order valence-corrected chi connectivity index (χ2v) is 4.85. The molecule has 0 radical (unpaired) electrons. The lowest BCUT2D eigenvalue weighted by molar-refractivity contribution is 0.380. The van der Waals surface area contributed by atoms with E-state index in [-0.39, 0.29) is 5.92 Å². The molecule has 2 aromatic rings. The van der Waals surface area contributed by atoms with Crippen LogP contribution in [-0.2, 0) is 0 Å². The molecule has 0 aliphatic heterocycles. The summed E-state index contributed by atoms with van der Waals surface area (Å²) in [5.41, 5.74) is 8.36. The number of anilines is 1. The summed E-state index contributed by atoms with van der Waals surface area (Å²) in [5.74, 6) is 1.18. The van der Waals surface area contributed by atoms with Gasteiger partial charge < -0.3 is 15.2 Å². The number of para-hydroxylation sites is 1. The Morgan fingerprint density at radius 2 is 1.95 bits per heavy atom. The normalized spacial score (nSPS) is 12.0. The average Bonchev–Trinajstić information content (AvgIpc) is 2.48. The first-order chi connectivity index (χ1) is 9.56. The third kappa shape index (κ3) is 2.80. The second-order valence-electron chi connectivity index (χ2n) is 4.44. The molecule has 1 heterocycles. The van der Waals surface area contributed by atoms with Crippen molar-refractivity contribution in [3.05, 3.63) is 46.6 Å². The van der Waals surface area contributed by atoms with Crippen LogP contribution in [0.15, 0.2) is 30.3 Å². The number of nitrogen functional groups attached to an aromatic ring is 1. The van der Waals surface area contributed by atoms with E-state index in [1.54, 1.807) is 26.4 Å². The van der Waals surface area contributed by atoms with Crippen molar-refractivity contribution in [2.75, 3.05) is 20.0 Å². The number of hydrogen-bond donors (Lipinski definition) is 1. The largest absolute Gasteiger partial charge is 0.496 e. The fourth-order valence-electron chi connectivity index (χ4n) is 2.04. The van der Waals surface area contributed by atoms with E-state index in [1.807, 2.05) is 25.1 Å². The van der Waals surface area contributed by atoms with Crippen molar-refractivity contribution >= 4 is 17.3 Å². The number of aromatic nitrogens is 1. The molecule has 2 N–H and O–H groups in total. The van der Waals surface area contributed by atoms with Gasteiger partial charge in [0.1, 0.15) is 5.75 Å². The maximum absolute atomic E-state index is 6.07. The minimum Gasteiger partial charge on any atom is -0.496 e. The highest BCUT2D eigenvalue weighted by molar-refractivity contribution is 6.33. The lowest BCUT2D eigenvalue weighted by Crippen LogP contribution is -2.05. The summed E-state index contributed by atoms with van der Waals surface area (Å²) in [6, 6.07) is 9.19. The van der Waals surface area contributed by atoms with Crippen molar-refractivity contribution in [3.8, 4) is 11.6 Å². The first-order valence-corrected chi connectivity index (χ1v) is 6.58. The second kappa shape index (κ2) is 6.01. The molecule has 2 rings (SSSR count). The standard InChI is InChI=1S/C15H17ClN2O2/c1-9(11-5-4-6-12(16)15(11)17)13-7-10(19-2)8-14(18-13)20-3/h4-9H,17H2,1-3H3. The SMILES string of the molecule is COc1cc(OC)nc(C(C)c2cccc(Cl)c2N)c1. The van der Waals surface area contributed by atoms with Crippen molar-refractivity contribution in [2.45, 2.75) is 12.8 Å². The van der Waals surface area contributed by atoms with Gasteiger partial charge in [-0.1, -0.05) is 30.7 Å². The van der Waals surface area contributed by atoms with Crippen LogP contribution in [0.3, 0.4) is 0 Å². The number of nitrogens with two attached hydrogens (primary N) is 1. The van der Waals surface area contributed by atoms with Gasteiger partial charge in [0.05, 0.1) is 30.6 Å². The third-order valence-corrected chi connectivity index (χ3v) is 3.57. The van der Waals surface area contributed by atoms with Gasteiger partial charge in [0.25, 0.3) is 0 Å². The zero-order chi connectivity index (χ0) is 14.7. The molecule has 1 aromatic heterocycles. The van der Waals surface area contributed by atoms with Crippen LogP contribution in [0, 0.1) is 0 Å². The number of hydrogen-bond acceptors (Lipinski definition) is 4. The fourth-order valence-corrected chi connectivity index (χ4v) is 2.22. The molecule has 1 atom stereocenters. The van der Waals surface area contributed by atoms with Crippen LogP contribution in [0.1, 0.15) is 24.1 Å². The first-order valence-electron chi connectivity index (χ1n) is 6.20. The zero-order valence-corrected chi connectivity index (χ0v) is 12.4. The van der Waals surface area contributed by atoms with Crippen molar-refractivity contribution in [3.63, 3.8) is 0 Å². The van der Waals surface area contributed by atoms with E-state index in [2.05, 4.69) is 4.98 Å². The summed E-state index contributed by atoms with van der Waals surface area (Å²) in [6.45, 7) is 2.02. The summed E-state index contributed by atoms with van der Waals surface area (Å²) >= 11 is 6.07. The van der Waals surface area contributed by atoms with Crippen LogP contribution in [-0.4, -0.2) is 19.2 Å². The van der Waals surface area contributed by atoms with Crippen molar-refractivity contribution in [2.24, 2.45) is 0 Å². The highest BCUT2D eigenvalue weighted by atomic mass is 35.5. The molecule has 0 fully saturated rings. The van der Waals surface area contributed by atoms with Gasteiger partial charge in [-0.3, -0.25) is 0 Å². The molecule has 0 aliphatic rings. The lowest BCUT2D eigenvalue weighted by atomic mass is 9.95. The minimum absolute atomic E-state index is 0.0160. The molecule has 106 valence electrons. The molecule has 0 saturated heterocycles. The molecule has 0 aliphatic carbocycles. The number of halogens is 1. The van der Waals surface area contributed by atoms with E-state index in [0.29, 0.717) is 22.3 Å². The number of ether oxygens (including phenoxy) is 2.